The van der Waals surface area contributed by atoms with Crippen LogP contribution in [0.3, 0.4) is 0 Å². The van der Waals surface area contributed by atoms with Crippen molar-refractivity contribution in [3.63, 3.8) is 0 Å². The number of imidazole rings is 1. The number of aliphatic carboxylic acids is 1. The number of aromatic nitrogens is 2. The van der Waals surface area contributed by atoms with Crippen LogP contribution in [0, 0.1) is 0 Å². The lowest BCUT2D eigenvalue weighted by molar-refractivity contribution is -0.141. The minimum Gasteiger partial charge on any atom is -0.480 e. The molecule has 11 N–H and O–H groups in total. The van der Waals surface area contributed by atoms with Gasteiger partial charge in [0.2, 0.25) is 17.7 Å². The molecule has 0 bridgehead atoms. The van der Waals surface area contributed by atoms with Gasteiger partial charge >= 0.3 is 5.97 Å². The van der Waals surface area contributed by atoms with Gasteiger partial charge in [-0.2, -0.15) is 12.6 Å². The topological polar surface area (TPSA) is 244 Å². The lowest BCUT2D eigenvalue weighted by Crippen LogP contribution is -2.57. The molecule has 1 rings (SSSR count). The first-order valence-corrected chi connectivity index (χ1v) is 10.7. The summed E-state index contributed by atoms with van der Waals surface area (Å²) in [5, 5.41) is 16.6. The lowest BCUT2D eigenvalue weighted by atomic mass is 10.1. The van der Waals surface area contributed by atoms with Crippen LogP contribution in [0.4, 0.5) is 0 Å². The maximum Gasteiger partial charge on any atom is 0.327 e. The van der Waals surface area contributed by atoms with Crippen molar-refractivity contribution in [2.75, 3.05) is 12.3 Å². The normalized spacial score (nSPS) is 14.3. The Balaban J connectivity index is 3.00. The molecule has 184 valence electrons. The molecule has 0 fully saturated rings. The number of aromatic amines is 1. The highest BCUT2D eigenvalue weighted by atomic mass is 32.1. The predicted octanol–water partition coefficient (Wildman–Crippen LogP) is -3.18. The van der Waals surface area contributed by atoms with E-state index >= 15 is 0 Å². The van der Waals surface area contributed by atoms with Gasteiger partial charge in [0, 0.05) is 30.6 Å². The second kappa shape index (κ2) is 13.9. The van der Waals surface area contributed by atoms with Gasteiger partial charge in [-0.1, -0.05) is 0 Å². The van der Waals surface area contributed by atoms with Crippen LogP contribution in [0.2, 0.25) is 0 Å². The van der Waals surface area contributed by atoms with Crippen molar-refractivity contribution in [3.8, 4) is 0 Å². The van der Waals surface area contributed by atoms with E-state index in [1.54, 1.807) is 0 Å². The molecule has 14 nitrogen and oxygen atoms in total. The van der Waals surface area contributed by atoms with Gasteiger partial charge in [0.05, 0.1) is 12.4 Å². The number of nitrogens with zero attached hydrogens (tertiary/aromatic N) is 2. The molecule has 0 saturated carbocycles. The summed E-state index contributed by atoms with van der Waals surface area (Å²) in [7, 11) is 0. The van der Waals surface area contributed by atoms with Gasteiger partial charge in [-0.3, -0.25) is 19.4 Å². The quantitative estimate of drug-likeness (QED) is 0.0557. The smallest absolute Gasteiger partial charge is 0.327 e. The molecular formula is C18H31N9O5S. The number of carboxylic acids is 1. The van der Waals surface area contributed by atoms with Crippen molar-refractivity contribution >= 4 is 42.3 Å². The van der Waals surface area contributed by atoms with Crippen molar-refractivity contribution in [3.05, 3.63) is 18.2 Å². The number of carboxylic acid groups (broad SMARTS) is 1. The number of aliphatic imine (C=N–C) groups is 1. The maximum absolute atomic E-state index is 13.0. The minimum atomic E-state index is -1.27. The first-order valence-electron chi connectivity index (χ1n) is 10.1. The average molecular weight is 486 g/mol. The number of hydrogen-bond donors (Lipinski definition) is 9. The van der Waals surface area contributed by atoms with Crippen molar-refractivity contribution in [1.29, 1.82) is 0 Å². The van der Waals surface area contributed by atoms with Crippen molar-refractivity contribution < 1.29 is 24.3 Å². The molecule has 33 heavy (non-hydrogen) atoms. The molecule has 0 aliphatic heterocycles. The SMILES string of the molecule is C[C@H](N)C(=O)N[C@@H](Cc1cnc[nH]1)C(=O)N[C@@H](CCCN=C(N)N)C(=O)N[C@@H](CS)C(=O)O. The van der Waals surface area contributed by atoms with Gasteiger partial charge in [-0.05, 0) is 19.8 Å². The summed E-state index contributed by atoms with van der Waals surface area (Å²) in [5.41, 5.74) is 16.7. The van der Waals surface area contributed by atoms with Crippen LogP contribution in [0.5, 0.6) is 0 Å². The van der Waals surface area contributed by atoms with Gasteiger partial charge in [-0.25, -0.2) is 9.78 Å². The van der Waals surface area contributed by atoms with E-state index in [2.05, 4.69) is 43.5 Å². The molecule has 4 atom stereocenters. The monoisotopic (exact) mass is 485 g/mol. The third kappa shape index (κ3) is 10.2. The number of H-pyrrole nitrogens is 1. The number of hydrogen-bond acceptors (Lipinski definition) is 8. The summed E-state index contributed by atoms with van der Waals surface area (Å²) >= 11 is 3.92. The first-order chi connectivity index (χ1) is 15.5. The molecule has 0 aliphatic rings. The molecule has 15 heteroatoms. The largest absolute Gasteiger partial charge is 0.480 e. The molecule has 0 aliphatic carbocycles. The van der Waals surface area contributed by atoms with E-state index in [1.165, 1.54) is 19.4 Å². The highest BCUT2D eigenvalue weighted by Crippen LogP contribution is 2.04. The summed E-state index contributed by atoms with van der Waals surface area (Å²) in [4.78, 5) is 59.6. The Morgan fingerprint density at radius 1 is 1.12 bits per heavy atom. The van der Waals surface area contributed by atoms with Crippen LogP contribution < -0.4 is 33.2 Å². The number of thiol groups is 1. The zero-order valence-corrected chi connectivity index (χ0v) is 19.0. The van der Waals surface area contributed by atoms with Crippen molar-refractivity contribution in [2.45, 2.75) is 50.4 Å². The standard InChI is InChI=1S/C18H31N9O5S/c1-9(19)14(28)26-12(5-10-6-22-8-24-10)16(30)25-11(3-2-4-23-18(20)21)15(29)27-13(7-33)17(31)32/h6,8-9,11-13,33H,2-5,7,19H2,1H3,(H,22,24)(H,25,30)(H,26,28)(H,27,29)(H,31,32)(H4,20,21,23)/t9-,11-,12-,13-/m0/s1. The van der Waals surface area contributed by atoms with Crippen LogP contribution >= 0.6 is 12.6 Å². The molecule has 3 amide bonds. The molecule has 0 radical (unpaired) electrons. The van der Waals surface area contributed by atoms with E-state index in [0.29, 0.717) is 12.1 Å². The highest BCUT2D eigenvalue weighted by Gasteiger charge is 2.29. The van der Waals surface area contributed by atoms with E-state index in [9.17, 15) is 24.3 Å². The third-order valence-electron chi connectivity index (χ3n) is 4.40. The van der Waals surface area contributed by atoms with E-state index in [1.807, 2.05) is 0 Å². The summed E-state index contributed by atoms with van der Waals surface area (Å²) in [6.45, 7) is 1.65. The van der Waals surface area contributed by atoms with Crippen LogP contribution in [0.15, 0.2) is 17.5 Å². The Morgan fingerprint density at radius 3 is 2.24 bits per heavy atom. The molecule has 0 spiro atoms. The Kier molecular flexibility index (Phi) is 11.7. The Bertz CT molecular complexity index is 827. The van der Waals surface area contributed by atoms with E-state index in [0.717, 1.165) is 0 Å². The average Bonchev–Trinajstić information content (AvgIpc) is 3.25. The lowest BCUT2D eigenvalue weighted by Gasteiger charge is -2.24. The molecule has 0 unspecified atom stereocenters. The van der Waals surface area contributed by atoms with E-state index < -0.39 is 47.9 Å². The maximum atomic E-state index is 13.0. The highest BCUT2D eigenvalue weighted by molar-refractivity contribution is 7.80. The zero-order valence-electron chi connectivity index (χ0n) is 18.2. The zero-order chi connectivity index (χ0) is 25.0. The fourth-order valence-electron chi connectivity index (χ4n) is 2.63. The summed E-state index contributed by atoms with van der Waals surface area (Å²) in [6, 6.07) is -4.31. The molecule has 1 heterocycles. The number of carbonyl (C=O) groups excluding carboxylic acids is 3. The fourth-order valence-corrected chi connectivity index (χ4v) is 2.88. The second-order valence-corrected chi connectivity index (χ2v) is 7.59. The number of rotatable bonds is 14. The Labute approximate surface area is 195 Å². The predicted molar refractivity (Wildman–Crippen MR) is 123 cm³/mol. The van der Waals surface area contributed by atoms with Crippen LogP contribution in [-0.4, -0.2) is 81.2 Å². The molecule has 1 aromatic heterocycles. The summed E-state index contributed by atoms with van der Waals surface area (Å²) in [6.07, 6.45) is 3.38. The van der Waals surface area contributed by atoms with Crippen LogP contribution in [0.25, 0.3) is 0 Å². The van der Waals surface area contributed by atoms with Crippen molar-refractivity contribution in [1.82, 2.24) is 25.9 Å². The van der Waals surface area contributed by atoms with Gasteiger partial charge in [0.25, 0.3) is 0 Å². The number of carbonyl (C=O) groups is 4. The number of guanidine groups is 1. The van der Waals surface area contributed by atoms with E-state index in [-0.39, 0.29) is 31.1 Å². The summed E-state index contributed by atoms with van der Waals surface area (Å²) < 4.78 is 0. The minimum absolute atomic E-state index is 0.0566. The van der Waals surface area contributed by atoms with Gasteiger partial charge in [0.1, 0.15) is 18.1 Å². The Hall–Kier alpha value is -3.33. The van der Waals surface area contributed by atoms with Gasteiger partial charge in [-0.15, -0.1) is 0 Å². The number of amides is 3. The third-order valence-corrected chi connectivity index (χ3v) is 4.77. The van der Waals surface area contributed by atoms with Crippen LogP contribution in [-0.2, 0) is 25.6 Å². The van der Waals surface area contributed by atoms with Crippen molar-refractivity contribution in [2.24, 2.45) is 22.2 Å². The second-order valence-electron chi connectivity index (χ2n) is 7.22. The molecule has 1 aromatic rings. The number of nitrogens with two attached hydrogens (primary N) is 3. The molecular weight excluding hydrogens is 454 g/mol. The first kappa shape index (κ1) is 27.7. The van der Waals surface area contributed by atoms with Gasteiger partial charge in [0.15, 0.2) is 5.96 Å². The Morgan fingerprint density at radius 2 is 1.73 bits per heavy atom. The van der Waals surface area contributed by atoms with E-state index in [4.69, 9.17) is 17.2 Å². The summed E-state index contributed by atoms with van der Waals surface area (Å²) in [5.74, 6) is -3.51. The molecule has 0 saturated heterocycles. The number of nitrogens with one attached hydrogen (secondary N) is 4. The fraction of sp³-hybridized carbons (Fsp3) is 0.556. The molecule has 0 aromatic carbocycles. The van der Waals surface area contributed by atoms with Gasteiger partial charge < -0.3 is 43.2 Å². The van der Waals surface area contributed by atoms with Crippen LogP contribution in [0.1, 0.15) is 25.5 Å².